The molecule has 17 heavy (non-hydrogen) atoms. The van der Waals surface area contributed by atoms with Crippen molar-refractivity contribution < 1.29 is 13.5 Å². The van der Waals surface area contributed by atoms with Crippen LogP contribution in [0.4, 0.5) is 0 Å². The molecule has 1 atom stereocenters. The molecule has 0 radical (unpaired) electrons. The summed E-state index contributed by atoms with van der Waals surface area (Å²) in [6.07, 6.45) is 2.58. The molecule has 102 valence electrons. The Bertz CT molecular complexity index is 334. The largest absolute Gasteiger partial charge is 0.395 e. The first-order chi connectivity index (χ1) is 7.80. The van der Waals surface area contributed by atoms with Crippen molar-refractivity contribution in [3.63, 3.8) is 0 Å². The van der Waals surface area contributed by atoms with E-state index < -0.39 is 15.3 Å². The fraction of sp³-hybridized carbons (Fsp3) is 1.00. The van der Waals surface area contributed by atoms with Crippen molar-refractivity contribution in [3.8, 4) is 0 Å². The highest BCUT2D eigenvalue weighted by Gasteiger charge is 2.42. The second-order valence-corrected chi connectivity index (χ2v) is 8.02. The SMILES string of the molecule is CC(C)C[C@@H](CO)N(C1CC1)S(=O)(=O)C(C)C. The van der Waals surface area contributed by atoms with Gasteiger partial charge < -0.3 is 5.11 Å². The lowest BCUT2D eigenvalue weighted by atomic mass is 10.0. The molecule has 0 aromatic heterocycles. The number of aliphatic hydroxyl groups excluding tert-OH is 1. The quantitative estimate of drug-likeness (QED) is 0.759. The van der Waals surface area contributed by atoms with E-state index in [0.29, 0.717) is 5.92 Å². The van der Waals surface area contributed by atoms with Gasteiger partial charge in [-0.05, 0) is 39.0 Å². The van der Waals surface area contributed by atoms with Gasteiger partial charge in [-0.2, -0.15) is 4.31 Å². The number of sulfonamides is 1. The van der Waals surface area contributed by atoms with Crippen molar-refractivity contribution in [2.45, 2.75) is 64.3 Å². The maximum absolute atomic E-state index is 12.3. The van der Waals surface area contributed by atoms with Gasteiger partial charge in [-0.3, -0.25) is 0 Å². The second kappa shape index (κ2) is 5.67. The maximum Gasteiger partial charge on any atom is 0.217 e. The molecule has 1 N–H and O–H groups in total. The summed E-state index contributed by atoms with van der Waals surface area (Å²) in [5.74, 6) is 0.385. The van der Waals surface area contributed by atoms with Gasteiger partial charge in [0.2, 0.25) is 10.0 Å². The topological polar surface area (TPSA) is 57.6 Å². The molecule has 1 saturated carbocycles. The zero-order valence-electron chi connectivity index (χ0n) is 11.3. The third-order valence-electron chi connectivity index (χ3n) is 3.11. The average Bonchev–Trinajstić information content (AvgIpc) is 2.99. The third kappa shape index (κ3) is 3.66. The maximum atomic E-state index is 12.3. The monoisotopic (exact) mass is 263 g/mol. The second-order valence-electron chi connectivity index (χ2n) is 5.62. The lowest BCUT2D eigenvalue weighted by Crippen LogP contribution is -2.47. The van der Waals surface area contributed by atoms with Crippen molar-refractivity contribution in [2.75, 3.05) is 6.61 Å². The van der Waals surface area contributed by atoms with E-state index in [-0.39, 0.29) is 18.7 Å². The molecule has 0 aliphatic heterocycles. The van der Waals surface area contributed by atoms with Gasteiger partial charge in [-0.15, -0.1) is 0 Å². The van der Waals surface area contributed by atoms with Crippen LogP contribution in [0.15, 0.2) is 0 Å². The molecule has 0 aromatic rings. The summed E-state index contributed by atoms with van der Waals surface area (Å²) in [5.41, 5.74) is 0. The minimum absolute atomic E-state index is 0.0827. The molecule has 0 saturated heterocycles. The Kier molecular flexibility index (Phi) is 4.98. The van der Waals surface area contributed by atoms with Crippen LogP contribution in [-0.2, 0) is 10.0 Å². The van der Waals surface area contributed by atoms with Crippen LogP contribution in [0.5, 0.6) is 0 Å². The van der Waals surface area contributed by atoms with E-state index in [4.69, 9.17) is 0 Å². The summed E-state index contributed by atoms with van der Waals surface area (Å²) >= 11 is 0. The number of nitrogens with zero attached hydrogens (tertiary/aromatic N) is 1. The van der Waals surface area contributed by atoms with E-state index in [2.05, 4.69) is 13.8 Å². The summed E-state index contributed by atoms with van der Waals surface area (Å²) in [6, 6.07) is -0.131. The van der Waals surface area contributed by atoms with Crippen LogP contribution in [0.3, 0.4) is 0 Å². The van der Waals surface area contributed by atoms with Crippen LogP contribution in [0.1, 0.15) is 47.0 Å². The van der Waals surface area contributed by atoms with E-state index >= 15 is 0 Å². The van der Waals surface area contributed by atoms with Crippen molar-refractivity contribution in [1.29, 1.82) is 0 Å². The standard InChI is InChI=1S/C12H25NO3S/c1-9(2)7-12(8-14)13(11-5-6-11)17(15,16)10(3)4/h9-12,14H,5-8H2,1-4H3/t12-/m0/s1. The van der Waals surface area contributed by atoms with Crippen molar-refractivity contribution >= 4 is 10.0 Å². The van der Waals surface area contributed by atoms with Crippen LogP contribution in [-0.4, -0.2) is 41.8 Å². The summed E-state index contributed by atoms with van der Waals surface area (Å²) in [5, 5.41) is 9.05. The van der Waals surface area contributed by atoms with Crippen LogP contribution >= 0.6 is 0 Å². The lowest BCUT2D eigenvalue weighted by Gasteiger charge is -2.32. The summed E-state index contributed by atoms with van der Waals surface area (Å²) < 4.78 is 26.2. The Morgan fingerprint density at radius 1 is 1.24 bits per heavy atom. The van der Waals surface area contributed by atoms with Crippen LogP contribution in [0, 0.1) is 5.92 Å². The third-order valence-corrected chi connectivity index (χ3v) is 5.49. The molecule has 5 heteroatoms. The number of rotatable bonds is 7. The Morgan fingerprint density at radius 2 is 1.76 bits per heavy atom. The van der Waals surface area contributed by atoms with Crippen LogP contribution < -0.4 is 0 Å². The first kappa shape index (κ1) is 14.9. The summed E-state index contributed by atoms with van der Waals surface area (Å²) in [4.78, 5) is 0. The van der Waals surface area contributed by atoms with Gasteiger partial charge in [-0.1, -0.05) is 13.8 Å². The Labute approximate surface area is 105 Å². The lowest BCUT2D eigenvalue weighted by molar-refractivity contribution is 0.163. The van der Waals surface area contributed by atoms with E-state index in [9.17, 15) is 13.5 Å². The molecule has 1 aliphatic carbocycles. The predicted octanol–water partition coefficient (Wildman–Crippen LogP) is 1.60. The first-order valence-corrected chi connectivity index (χ1v) is 7.94. The van der Waals surface area contributed by atoms with Gasteiger partial charge in [0.25, 0.3) is 0 Å². The Balaban J connectivity index is 2.91. The molecule has 1 rings (SSSR count). The summed E-state index contributed by atoms with van der Waals surface area (Å²) in [7, 11) is -3.26. The molecular weight excluding hydrogens is 238 g/mol. The molecule has 1 fully saturated rings. The number of aliphatic hydroxyl groups is 1. The smallest absolute Gasteiger partial charge is 0.217 e. The molecule has 4 nitrogen and oxygen atoms in total. The minimum Gasteiger partial charge on any atom is -0.395 e. The van der Waals surface area contributed by atoms with Crippen LogP contribution in [0.25, 0.3) is 0 Å². The van der Waals surface area contributed by atoms with Gasteiger partial charge >= 0.3 is 0 Å². The van der Waals surface area contributed by atoms with E-state index in [1.54, 1.807) is 18.2 Å². The van der Waals surface area contributed by atoms with Gasteiger partial charge in [0.1, 0.15) is 0 Å². The fourth-order valence-electron chi connectivity index (χ4n) is 2.09. The van der Waals surface area contributed by atoms with Crippen molar-refractivity contribution in [2.24, 2.45) is 5.92 Å². The van der Waals surface area contributed by atoms with Gasteiger partial charge in [-0.25, -0.2) is 8.42 Å². The molecule has 0 heterocycles. The van der Waals surface area contributed by atoms with Gasteiger partial charge in [0.15, 0.2) is 0 Å². The van der Waals surface area contributed by atoms with Gasteiger partial charge in [0.05, 0.1) is 11.9 Å². The van der Waals surface area contributed by atoms with Gasteiger partial charge in [0, 0.05) is 12.1 Å². The predicted molar refractivity (Wildman–Crippen MR) is 69.2 cm³/mol. The molecule has 1 aliphatic rings. The Hall–Kier alpha value is -0.130. The highest BCUT2D eigenvalue weighted by Crippen LogP contribution is 2.34. The average molecular weight is 263 g/mol. The first-order valence-electron chi connectivity index (χ1n) is 6.43. The van der Waals surface area contributed by atoms with E-state index in [0.717, 1.165) is 19.3 Å². The molecule has 0 aromatic carbocycles. The van der Waals surface area contributed by atoms with Crippen molar-refractivity contribution in [3.05, 3.63) is 0 Å². The minimum atomic E-state index is -3.26. The molecule has 0 amide bonds. The zero-order chi connectivity index (χ0) is 13.2. The highest BCUT2D eigenvalue weighted by atomic mass is 32.2. The molecule has 0 bridgehead atoms. The van der Waals surface area contributed by atoms with E-state index in [1.807, 2.05) is 0 Å². The number of hydrogen-bond acceptors (Lipinski definition) is 3. The molecular formula is C12H25NO3S. The zero-order valence-corrected chi connectivity index (χ0v) is 12.1. The summed E-state index contributed by atoms with van der Waals surface area (Å²) in [6.45, 7) is 7.43. The molecule has 0 spiro atoms. The van der Waals surface area contributed by atoms with Crippen LogP contribution in [0.2, 0.25) is 0 Å². The number of hydrogen-bond donors (Lipinski definition) is 1. The normalized spacial score (nSPS) is 19.3. The van der Waals surface area contributed by atoms with E-state index in [1.165, 1.54) is 0 Å². The fourth-order valence-corrected chi connectivity index (χ4v) is 3.77. The highest BCUT2D eigenvalue weighted by molar-refractivity contribution is 7.89. The Morgan fingerprint density at radius 3 is 2.06 bits per heavy atom. The molecule has 0 unspecified atom stereocenters. The van der Waals surface area contributed by atoms with Crippen molar-refractivity contribution in [1.82, 2.24) is 4.31 Å².